The molecule has 30 heavy (non-hydrogen) atoms. The zero-order valence-electron chi connectivity index (χ0n) is 16.5. The van der Waals surface area contributed by atoms with Crippen LogP contribution in [0.4, 0.5) is 5.69 Å². The van der Waals surface area contributed by atoms with Crippen molar-refractivity contribution in [3.63, 3.8) is 0 Å². The highest BCUT2D eigenvalue weighted by molar-refractivity contribution is 7.92. The molecule has 0 aliphatic heterocycles. The van der Waals surface area contributed by atoms with Gasteiger partial charge in [0.15, 0.2) is 0 Å². The van der Waals surface area contributed by atoms with Crippen LogP contribution in [0.15, 0.2) is 66.2 Å². The minimum atomic E-state index is -3.46. The Bertz CT molecular complexity index is 1140. The predicted octanol–water partition coefficient (Wildman–Crippen LogP) is 5.20. The number of fused-ring (bicyclic) bond motifs is 1. The summed E-state index contributed by atoms with van der Waals surface area (Å²) >= 11 is 6.07. The molecule has 4 rings (SSSR count). The third kappa shape index (κ3) is 5.39. The first-order valence-corrected chi connectivity index (χ1v) is 12.0. The van der Waals surface area contributed by atoms with Crippen molar-refractivity contribution < 1.29 is 8.42 Å². The quantitative estimate of drug-likeness (QED) is 0.551. The predicted molar refractivity (Wildman–Crippen MR) is 124 cm³/mol. The van der Waals surface area contributed by atoms with Crippen molar-refractivity contribution in [3.05, 3.63) is 76.8 Å². The number of nitrogens with zero attached hydrogens (tertiary/aromatic N) is 1. The molecule has 0 atom stereocenters. The van der Waals surface area contributed by atoms with Gasteiger partial charge in [-0.15, -0.1) is 0 Å². The van der Waals surface area contributed by atoms with Crippen LogP contribution in [-0.2, 0) is 10.0 Å². The topological polar surface area (TPSA) is 71.1 Å². The number of benzene rings is 2. The average Bonchev–Trinajstić information content (AvgIpc) is 2.74. The second-order valence-electron chi connectivity index (χ2n) is 7.59. The summed E-state index contributed by atoms with van der Waals surface area (Å²) in [6.45, 7) is 0. The molecule has 1 aliphatic rings. The Labute approximate surface area is 182 Å². The van der Waals surface area contributed by atoms with Crippen LogP contribution in [0.3, 0.4) is 0 Å². The van der Waals surface area contributed by atoms with E-state index in [2.05, 4.69) is 15.0 Å². The first-order valence-electron chi connectivity index (χ1n) is 10.0. The molecule has 2 N–H and O–H groups in total. The molecule has 7 heteroatoms. The maximum atomic E-state index is 12.4. The summed E-state index contributed by atoms with van der Waals surface area (Å²) in [5, 5.41) is 6.56. The normalized spacial score (nSPS) is 19.9. The molecule has 0 bridgehead atoms. The summed E-state index contributed by atoms with van der Waals surface area (Å²) in [7, 11) is -3.46. The molecule has 0 amide bonds. The van der Waals surface area contributed by atoms with Crippen molar-refractivity contribution in [2.24, 2.45) is 0 Å². The number of rotatable bonds is 6. The van der Waals surface area contributed by atoms with E-state index < -0.39 is 10.0 Å². The van der Waals surface area contributed by atoms with Crippen molar-refractivity contribution >= 4 is 44.3 Å². The highest BCUT2D eigenvalue weighted by atomic mass is 35.5. The molecule has 1 aromatic heterocycles. The summed E-state index contributed by atoms with van der Waals surface area (Å²) < 4.78 is 27.6. The zero-order chi connectivity index (χ0) is 21.0. The van der Waals surface area contributed by atoms with Gasteiger partial charge < -0.3 is 5.32 Å². The van der Waals surface area contributed by atoms with E-state index in [1.54, 1.807) is 12.3 Å². The van der Waals surface area contributed by atoms with Gasteiger partial charge in [0.05, 0.1) is 5.52 Å². The molecular formula is C23H24ClN3O2S. The van der Waals surface area contributed by atoms with E-state index in [9.17, 15) is 8.42 Å². The first kappa shape index (κ1) is 20.8. The Morgan fingerprint density at radius 2 is 1.70 bits per heavy atom. The Kier molecular flexibility index (Phi) is 6.37. The standard InChI is InChI=1S/C23H24ClN3O2S/c24-18-6-11-21-22(12-14-25-23(21)16-18)26-19-7-9-20(10-8-19)27-30(28,29)15-13-17-4-2-1-3-5-17/h1-6,11-16,19-20,27H,7-10H2,(H,25,26). The van der Waals surface area contributed by atoms with Gasteiger partial charge in [-0.25, -0.2) is 13.1 Å². The Morgan fingerprint density at radius 3 is 2.47 bits per heavy atom. The van der Waals surface area contributed by atoms with E-state index in [0.717, 1.165) is 47.8 Å². The lowest BCUT2D eigenvalue weighted by atomic mass is 9.91. The molecule has 3 aromatic rings. The molecule has 0 spiro atoms. The van der Waals surface area contributed by atoms with Crippen molar-refractivity contribution in [1.82, 2.24) is 9.71 Å². The minimum absolute atomic E-state index is 0.0403. The molecule has 0 unspecified atom stereocenters. The molecule has 0 saturated heterocycles. The summed E-state index contributed by atoms with van der Waals surface area (Å²) in [5.41, 5.74) is 2.76. The van der Waals surface area contributed by atoms with Crippen LogP contribution in [0.25, 0.3) is 17.0 Å². The van der Waals surface area contributed by atoms with E-state index >= 15 is 0 Å². The third-order valence-electron chi connectivity index (χ3n) is 5.36. The lowest BCUT2D eigenvalue weighted by Gasteiger charge is -2.30. The van der Waals surface area contributed by atoms with E-state index in [4.69, 9.17) is 11.6 Å². The third-order valence-corrected chi connectivity index (χ3v) is 6.75. The second kappa shape index (κ2) is 9.16. The van der Waals surface area contributed by atoms with Crippen molar-refractivity contribution in [1.29, 1.82) is 0 Å². The van der Waals surface area contributed by atoms with Crippen molar-refractivity contribution in [3.8, 4) is 0 Å². The van der Waals surface area contributed by atoms with Gasteiger partial charge in [-0.1, -0.05) is 41.9 Å². The fourth-order valence-electron chi connectivity index (χ4n) is 3.83. The number of aromatic nitrogens is 1. The SMILES string of the molecule is O=S(=O)(C=Cc1ccccc1)NC1CCC(Nc2ccnc3cc(Cl)ccc23)CC1. The van der Waals surface area contributed by atoms with Crippen LogP contribution in [0, 0.1) is 0 Å². The number of nitrogens with one attached hydrogen (secondary N) is 2. The Balaban J connectivity index is 1.34. The van der Waals surface area contributed by atoms with Crippen LogP contribution in [-0.4, -0.2) is 25.5 Å². The monoisotopic (exact) mass is 441 g/mol. The molecule has 1 aliphatic carbocycles. The maximum absolute atomic E-state index is 12.4. The minimum Gasteiger partial charge on any atom is -0.382 e. The molecule has 1 heterocycles. The zero-order valence-corrected chi connectivity index (χ0v) is 18.0. The van der Waals surface area contributed by atoms with E-state index in [0.29, 0.717) is 11.1 Å². The highest BCUT2D eigenvalue weighted by Crippen LogP contribution is 2.28. The Hall–Kier alpha value is -2.41. The van der Waals surface area contributed by atoms with Crippen molar-refractivity contribution in [2.45, 2.75) is 37.8 Å². The lowest BCUT2D eigenvalue weighted by molar-refractivity contribution is 0.388. The number of sulfonamides is 1. The van der Waals surface area contributed by atoms with Crippen LogP contribution in [0.1, 0.15) is 31.2 Å². The van der Waals surface area contributed by atoms with Gasteiger partial charge in [-0.05, 0) is 61.6 Å². The fraction of sp³-hybridized carbons (Fsp3) is 0.261. The van der Waals surface area contributed by atoms with Crippen LogP contribution >= 0.6 is 11.6 Å². The largest absolute Gasteiger partial charge is 0.382 e. The Morgan fingerprint density at radius 1 is 0.967 bits per heavy atom. The number of pyridine rings is 1. The van der Waals surface area contributed by atoms with Gasteiger partial charge in [-0.3, -0.25) is 4.98 Å². The van der Waals surface area contributed by atoms with Crippen LogP contribution in [0.5, 0.6) is 0 Å². The second-order valence-corrected chi connectivity index (χ2v) is 9.62. The van der Waals surface area contributed by atoms with Gasteiger partial charge in [0.25, 0.3) is 0 Å². The summed E-state index contributed by atoms with van der Waals surface area (Å²) in [4.78, 5) is 4.38. The number of anilines is 1. The summed E-state index contributed by atoms with van der Waals surface area (Å²) in [5.74, 6) is 0. The van der Waals surface area contributed by atoms with Crippen molar-refractivity contribution in [2.75, 3.05) is 5.32 Å². The summed E-state index contributed by atoms with van der Waals surface area (Å²) in [6.07, 6.45) is 6.78. The van der Waals surface area contributed by atoms with E-state index in [1.165, 1.54) is 5.41 Å². The smallest absolute Gasteiger partial charge is 0.233 e. The van der Waals surface area contributed by atoms with Gasteiger partial charge in [0, 0.05) is 39.8 Å². The van der Waals surface area contributed by atoms with E-state index in [-0.39, 0.29) is 6.04 Å². The van der Waals surface area contributed by atoms with Gasteiger partial charge in [-0.2, -0.15) is 0 Å². The molecular weight excluding hydrogens is 418 g/mol. The molecule has 1 fully saturated rings. The molecule has 2 aromatic carbocycles. The van der Waals surface area contributed by atoms with Gasteiger partial charge in [0.2, 0.25) is 10.0 Å². The fourth-order valence-corrected chi connectivity index (χ4v) is 5.11. The molecule has 1 saturated carbocycles. The maximum Gasteiger partial charge on any atom is 0.233 e. The molecule has 0 radical (unpaired) electrons. The number of hydrogen-bond donors (Lipinski definition) is 2. The van der Waals surface area contributed by atoms with Gasteiger partial charge >= 0.3 is 0 Å². The summed E-state index contributed by atoms with van der Waals surface area (Å²) in [6, 6.07) is 17.4. The number of hydrogen-bond acceptors (Lipinski definition) is 4. The first-order chi connectivity index (χ1) is 14.5. The van der Waals surface area contributed by atoms with Gasteiger partial charge in [0.1, 0.15) is 0 Å². The molecule has 5 nitrogen and oxygen atoms in total. The highest BCUT2D eigenvalue weighted by Gasteiger charge is 2.24. The lowest BCUT2D eigenvalue weighted by Crippen LogP contribution is -2.39. The average molecular weight is 442 g/mol. The van der Waals surface area contributed by atoms with Crippen LogP contribution in [0.2, 0.25) is 5.02 Å². The van der Waals surface area contributed by atoms with E-state index in [1.807, 2.05) is 54.6 Å². The van der Waals surface area contributed by atoms with Crippen LogP contribution < -0.4 is 10.0 Å². The molecule has 156 valence electrons. The number of halogens is 1.